The highest BCUT2D eigenvalue weighted by Crippen LogP contribution is 2.35. The lowest BCUT2D eigenvalue weighted by Crippen LogP contribution is -2.67. The maximum atomic E-state index is 12.1. The van der Waals surface area contributed by atoms with Gasteiger partial charge in [0.1, 0.15) is 49.3 Å². The molecule has 15 heteroatoms. The predicted molar refractivity (Wildman–Crippen MR) is 94.8 cm³/mol. The van der Waals surface area contributed by atoms with Gasteiger partial charge in [0.15, 0.2) is 6.29 Å². The number of carboxylic acids is 1. The lowest BCUT2D eigenvalue weighted by molar-refractivity contribution is -0.375. The van der Waals surface area contributed by atoms with E-state index in [1.165, 1.54) is 0 Å². The molecule has 2 rings (SSSR count). The van der Waals surface area contributed by atoms with Crippen LogP contribution in [0.4, 0.5) is 0 Å². The normalized spacial score (nSPS) is 41.7. The third kappa shape index (κ3) is 5.29. The van der Waals surface area contributed by atoms with Crippen molar-refractivity contribution in [2.24, 2.45) is 5.73 Å². The Balaban J connectivity index is 2.20. The van der Waals surface area contributed by atoms with Gasteiger partial charge in [0.2, 0.25) is 11.7 Å². The Morgan fingerprint density at radius 1 is 1.03 bits per heavy atom. The van der Waals surface area contributed by atoms with Crippen molar-refractivity contribution in [1.29, 1.82) is 0 Å². The van der Waals surface area contributed by atoms with Crippen LogP contribution < -0.4 is 11.1 Å². The molecule has 180 valence electrons. The van der Waals surface area contributed by atoms with Gasteiger partial charge in [-0.05, 0) is 0 Å². The molecule has 0 radical (unpaired) electrons. The zero-order chi connectivity index (χ0) is 23.5. The van der Waals surface area contributed by atoms with Gasteiger partial charge in [0.25, 0.3) is 0 Å². The van der Waals surface area contributed by atoms with Gasteiger partial charge < -0.3 is 66.1 Å². The van der Waals surface area contributed by atoms with Crippen molar-refractivity contribution < 1.29 is 64.7 Å². The van der Waals surface area contributed by atoms with Crippen molar-refractivity contribution in [2.45, 2.75) is 67.2 Å². The highest BCUT2D eigenvalue weighted by molar-refractivity contribution is 5.84. The molecule has 15 nitrogen and oxygen atoms in total. The number of aliphatic hydroxyl groups excluding tert-OH is 7. The van der Waals surface area contributed by atoms with E-state index in [1.54, 1.807) is 0 Å². The summed E-state index contributed by atoms with van der Waals surface area (Å²) in [4.78, 5) is 22.9. The minimum absolute atomic E-state index is 0.686. The van der Waals surface area contributed by atoms with E-state index in [9.17, 15) is 45.3 Å². The molecule has 2 heterocycles. The van der Waals surface area contributed by atoms with Crippen molar-refractivity contribution in [3.05, 3.63) is 0 Å². The van der Waals surface area contributed by atoms with Crippen LogP contribution in [-0.4, -0.2) is 133 Å². The van der Waals surface area contributed by atoms with Crippen molar-refractivity contribution in [1.82, 2.24) is 5.32 Å². The first-order valence-electron chi connectivity index (χ1n) is 9.35. The molecule has 10 atom stereocenters. The number of carbonyl (C=O) groups excluding carboxylic acids is 1. The fraction of sp³-hybridized carbons (Fsp3) is 0.875. The summed E-state index contributed by atoms with van der Waals surface area (Å²) in [7, 11) is 0. The quantitative estimate of drug-likeness (QED) is 0.155. The smallest absolute Gasteiger partial charge is 0.321 e. The Kier molecular flexibility index (Phi) is 8.65. The largest absolute Gasteiger partial charge is 0.480 e. The SMILES string of the molecule is N[C@@H](CC(=O)N[C@@H]1[C@H](O)[C@@H](CO)OC(O[C@]2(CO)O[C@H](CO)[C@@H](O)[C@@H]2O)[C@@H]1O)C(=O)O. The van der Waals surface area contributed by atoms with E-state index in [1.807, 2.05) is 0 Å². The van der Waals surface area contributed by atoms with Gasteiger partial charge in [-0.3, -0.25) is 9.59 Å². The van der Waals surface area contributed by atoms with Crippen LogP contribution >= 0.6 is 0 Å². The Morgan fingerprint density at radius 2 is 1.65 bits per heavy atom. The second-order valence-corrected chi connectivity index (χ2v) is 7.31. The average Bonchev–Trinajstić information content (AvgIpc) is 2.97. The third-order valence-corrected chi connectivity index (χ3v) is 5.16. The Morgan fingerprint density at radius 3 is 2.13 bits per heavy atom. The van der Waals surface area contributed by atoms with Crippen LogP contribution in [-0.2, 0) is 23.8 Å². The summed E-state index contributed by atoms with van der Waals surface area (Å²) in [5.74, 6) is -4.74. The standard InChI is InChI=1S/C16H28N2O13/c17-5(14(27)28)1-8(22)18-9-10(23)6(2-19)29-15(12(9)25)31-16(4-21)13(26)11(24)7(3-20)30-16/h5-7,9-13,15,19-21,23-26H,1-4,17H2,(H,18,22)(H,27,28)/t5-,6+,7+,9+,10+,11+,12+,13-,15?,16-/m0/s1. The van der Waals surface area contributed by atoms with Gasteiger partial charge in [-0.15, -0.1) is 0 Å². The zero-order valence-electron chi connectivity index (χ0n) is 16.2. The maximum absolute atomic E-state index is 12.1. The lowest BCUT2D eigenvalue weighted by atomic mass is 9.95. The Bertz CT molecular complexity index is 639. The molecule has 2 aliphatic rings. The Hall–Kier alpha value is -1.50. The lowest BCUT2D eigenvalue weighted by Gasteiger charge is -2.45. The number of hydrogen-bond donors (Lipinski definition) is 10. The monoisotopic (exact) mass is 456 g/mol. The van der Waals surface area contributed by atoms with Crippen LogP contribution in [0.3, 0.4) is 0 Å². The fourth-order valence-electron chi connectivity index (χ4n) is 3.35. The summed E-state index contributed by atoms with van der Waals surface area (Å²) >= 11 is 0. The number of aliphatic hydroxyl groups is 7. The summed E-state index contributed by atoms with van der Waals surface area (Å²) in [6.45, 7) is -2.59. The number of carboxylic acid groups (broad SMARTS) is 1. The second-order valence-electron chi connectivity index (χ2n) is 7.31. The maximum Gasteiger partial charge on any atom is 0.321 e. The summed E-state index contributed by atoms with van der Waals surface area (Å²) in [6.07, 6.45) is -12.3. The Labute approximate surface area is 175 Å². The second kappa shape index (κ2) is 10.4. The van der Waals surface area contributed by atoms with Gasteiger partial charge in [0.05, 0.1) is 25.7 Å². The number of hydrogen-bond acceptors (Lipinski definition) is 13. The van der Waals surface area contributed by atoms with Crippen LogP contribution in [0, 0.1) is 0 Å². The summed E-state index contributed by atoms with van der Waals surface area (Å²) in [5.41, 5.74) is 5.28. The molecule has 0 aliphatic carbocycles. The van der Waals surface area contributed by atoms with Crippen molar-refractivity contribution in [3.63, 3.8) is 0 Å². The van der Waals surface area contributed by atoms with E-state index in [0.29, 0.717) is 0 Å². The van der Waals surface area contributed by atoms with Crippen LogP contribution in [0.1, 0.15) is 6.42 Å². The summed E-state index contributed by atoms with van der Waals surface area (Å²) in [5, 5.41) is 80.4. The average molecular weight is 456 g/mol. The van der Waals surface area contributed by atoms with Crippen LogP contribution in [0.2, 0.25) is 0 Å². The number of ether oxygens (including phenoxy) is 3. The van der Waals surface area contributed by atoms with Gasteiger partial charge >= 0.3 is 5.97 Å². The number of carbonyl (C=O) groups is 2. The first-order valence-corrected chi connectivity index (χ1v) is 9.35. The van der Waals surface area contributed by atoms with Crippen LogP contribution in [0.25, 0.3) is 0 Å². The number of rotatable bonds is 9. The number of amides is 1. The molecule has 0 aromatic rings. The number of aliphatic carboxylic acids is 1. The van der Waals surface area contributed by atoms with E-state index < -0.39 is 98.9 Å². The van der Waals surface area contributed by atoms with Crippen LogP contribution in [0.15, 0.2) is 0 Å². The molecule has 2 saturated heterocycles. The fourth-order valence-corrected chi connectivity index (χ4v) is 3.35. The predicted octanol–water partition coefficient (Wildman–Crippen LogP) is -6.47. The van der Waals surface area contributed by atoms with Crippen molar-refractivity contribution in [3.8, 4) is 0 Å². The van der Waals surface area contributed by atoms with Gasteiger partial charge in [-0.2, -0.15) is 0 Å². The molecule has 0 aromatic heterocycles. The molecular weight excluding hydrogens is 428 g/mol. The number of nitrogens with two attached hydrogens (primary N) is 1. The molecular formula is C16H28N2O13. The highest BCUT2D eigenvalue weighted by atomic mass is 16.8. The minimum Gasteiger partial charge on any atom is -0.480 e. The minimum atomic E-state index is -2.35. The highest BCUT2D eigenvalue weighted by Gasteiger charge is 2.58. The summed E-state index contributed by atoms with van der Waals surface area (Å²) in [6, 6.07) is -3.09. The van der Waals surface area contributed by atoms with E-state index >= 15 is 0 Å². The zero-order valence-corrected chi connectivity index (χ0v) is 16.2. The molecule has 0 bridgehead atoms. The molecule has 2 aliphatic heterocycles. The first kappa shape index (κ1) is 25.8. The molecule has 0 aromatic carbocycles. The van der Waals surface area contributed by atoms with Crippen molar-refractivity contribution >= 4 is 11.9 Å². The van der Waals surface area contributed by atoms with E-state index in [0.717, 1.165) is 0 Å². The molecule has 11 N–H and O–H groups in total. The third-order valence-electron chi connectivity index (χ3n) is 5.16. The molecule has 0 spiro atoms. The van der Waals surface area contributed by atoms with E-state index in [4.69, 9.17) is 25.1 Å². The molecule has 2 fully saturated rings. The number of nitrogens with one attached hydrogen (secondary N) is 1. The molecule has 0 saturated carbocycles. The van der Waals surface area contributed by atoms with Crippen LogP contribution in [0.5, 0.6) is 0 Å². The van der Waals surface area contributed by atoms with Gasteiger partial charge in [-0.25, -0.2) is 0 Å². The molecule has 1 amide bonds. The van der Waals surface area contributed by atoms with Crippen molar-refractivity contribution in [2.75, 3.05) is 19.8 Å². The van der Waals surface area contributed by atoms with E-state index in [2.05, 4.69) is 5.32 Å². The van der Waals surface area contributed by atoms with E-state index in [-0.39, 0.29) is 0 Å². The van der Waals surface area contributed by atoms with Gasteiger partial charge in [-0.1, -0.05) is 0 Å². The topological polar surface area (TPSA) is 262 Å². The molecule has 31 heavy (non-hydrogen) atoms. The first-order chi connectivity index (χ1) is 14.5. The molecule has 1 unspecified atom stereocenters. The van der Waals surface area contributed by atoms with Gasteiger partial charge in [0, 0.05) is 0 Å². The summed E-state index contributed by atoms with van der Waals surface area (Å²) < 4.78 is 15.8.